The van der Waals surface area contributed by atoms with E-state index in [9.17, 15) is 0 Å². The van der Waals surface area contributed by atoms with E-state index < -0.39 is 0 Å². The van der Waals surface area contributed by atoms with Gasteiger partial charge in [0.2, 0.25) is 0 Å². The molecule has 0 aliphatic carbocycles. The highest BCUT2D eigenvalue weighted by atomic mass is 32.1. The molecule has 2 nitrogen and oxygen atoms in total. The summed E-state index contributed by atoms with van der Waals surface area (Å²) in [5, 5.41) is 5.04. The van der Waals surface area contributed by atoms with Gasteiger partial charge in [-0.1, -0.05) is 140 Å². The van der Waals surface area contributed by atoms with Crippen molar-refractivity contribution in [3.63, 3.8) is 0 Å². The first kappa shape index (κ1) is 31.1. The maximum atomic E-state index is 5.33. The second-order valence-corrected chi connectivity index (χ2v) is 14.5. The molecule has 0 saturated carbocycles. The van der Waals surface area contributed by atoms with E-state index >= 15 is 0 Å². The second-order valence-electron chi connectivity index (χ2n) is 13.4. The number of fused-ring (bicyclic) bond motifs is 4. The van der Waals surface area contributed by atoms with Gasteiger partial charge in [-0.15, -0.1) is 11.3 Å². The molecule has 2 aromatic heterocycles. The van der Waals surface area contributed by atoms with Crippen LogP contribution in [0.3, 0.4) is 0 Å². The largest absolute Gasteiger partial charge is 0.228 e. The van der Waals surface area contributed by atoms with Crippen LogP contribution in [0, 0.1) is 0 Å². The van der Waals surface area contributed by atoms with E-state index in [-0.39, 0.29) is 0 Å². The molecule has 0 saturated heterocycles. The molecule has 0 aliphatic rings. The summed E-state index contributed by atoms with van der Waals surface area (Å²) in [5.41, 5.74) is 11.8. The first-order valence-electron chi connectivity index (χ1n) is 17.9. The van der Waals surface area contributed by atoms with Crippen molar-refractivity contribution < 1.29 is 0 Å². The van der Waals surface area contributed by atoms with Crippen LogP contribution in [0.5, 0.6) is 0 Å². The Bertz CT molecular complexity index is 2950. The molecule has 0 bridgehead atoms. The van der Waals surface area contributed by atoms with Gasteiger partial charge >= 0.3 is 0 Å². The second kappa shape index (κ2) is 13.1. The molecular weight excluding hydrogens is 661 g/mol. The smallest absolute Gasteiger partial charge is 0.160 e. The normalized spacial score (nSPS) is 11.4. The Labute approximate surface area is 312 Å². The summed E-state index contributed by atoms with van der Waals surface area (Å²) >= 11 is 1.85. The van der Waals surface area contributed by atoms with Crippen LogP contribution in [0.15, 0.2) is 194 Å². The predicted molar refractivity (Wildman–Crippen MR) is 225 cm³/mol. The minimum atomic E-state index is 0.696. The zero-order chi connectivity index (χ0) is 35.1. The Morgan fingerprint density at radius 2 is 0.830 bits per heavy atom. The van der Waals surface area contributed by atoms with E-state index in [1.54, 1.807) is 0 Å². The molecule has 10 aromatic rings. The summed E-state index contributed by atoms with van der Waals surface area (Å²) in [6, 6.07) is 69.3. The lowest BCUT2D eigenvalue weighted by Gasteiger charge is -2.14. The van der Waals surface area contributed by atoms with Crippen LogP contribution in [-0.2, 0) is 0 Å². The summed E-state index contributed by atoms with van der Waals surface area (Å²) in [6.07, 6.45) is 0. The van der Waals surface area contributed by atoms with Crippen molar-refractivity contribution in [1.82, 2.24) is 9.97 Å². The van der Waals surface area contributed by atoms with Crippen molar-refractivity contribution in [3.05, 3.63) is 194 Å². The molecule has 3 heteroatoms. The zero-order valence-electron chi connectivity index (χ0n) is 28.8. The first-order chi connectivity index (χ1) is 26.2. The van der Waals surface area contributed by atoms with Crippen molar-refractivity contribution >= 4 is 42.3 Å². The SMILES string of the molecule is c1ccc(-c2cc(-c3ccc4sc5ccccc5c4c3)cc(-c3cc(-c4ccccc4)nc(-c4cccc(-c5ccc6ccccc6c5)c4)n3)c2)cc1. The summed E-state index contributed by atoms with van der Waals surface area (Å²) in [7, 11) is 0. The fourth-order valence-corrected chi connectivity index (χ4v) is 8.42. The highest BCUT2D eigenvalue weighted by Gasteiger charge is 2.15. The van der Waals surface area contributed by atoms with Gasteiger partial charge in [0.05, 0.1) is 11.4 Å². The molecule has 0 radical (unpaired) electrons. The lowest BCUT2D eigenvalue weighted by Crippen LogP contribution is -1.97. The fourth-order valence-electron chi connectivity index (χ4n) is 7.33. The molecule has 0 atom stereocenters. The van der Waals surface area contributed by atoms with Crippen molar-refractivity contribution in [2.75, 3.05) is 0 Å². The van der Waals surface area contributed by atoms with Crippen LogP contribution in [-0.4, -0.2) is 9.97 Å². The third kappa shape index (κ3) is 5.97. The average molecular weight is 693 g/mol. The molecule has 0 fully saturated rings. The molecule has 0 unspecified atom stereocenters. The van der Waals surface area contributed by atoms with Gasteiger partial charge in [0.25, 0.3) is 0 Å². The monoisotopic (exact) mass is 692 g/mol. The van der Waals surface area contributed by atoms with Crippen molar-refractivity contribution in [2.24, 2.45) is 0 Å². The summed E-state index contributed by atoms with van der Waals surface area (Å²) < 4.78 is 2.61. The highest BCUT2D eigenvalue weighted by molar-refractivity contribution is 7.25. The minimum Gasteiger partial charge on any atom is -0.228 e. The van der Waals surface area contributed by atoms with Crippen LogP contribution in [0.25, 0.3) is 98.2 Å². The number of hydrogen-bond donors (Lipinski definition) is 0. The van der Waals surface area contributed by atoms with Crippen molar-refractivity contribution in [2.45, 2.75) is 0 Å². The van der Waals surface area contributed by atoms with Gasteiger partial charge in [-0.05, 0) is 98.8 Å². The fraction of sp³-hybridized carbons (Fsp3) is 0. The van der Waals surface area contributed by atoms with Crippen LogP contribution in [0.2, 0.25) is 0 Å². The van der Waals surface area contributed by atoms with Crippen LogP contribution < -0.4 is 0 Å². The zero-order valence-corrected chi connectivity index (χ0v) is 29.6. The van der Waals surface area contributed by atoms with E-state index in [4.69, 9.17) is 9.97 Å². The predicted octanol–water partition coefficient (Wildman–Crippen LogP) is 14.0. The van der Waals surface area contributed by atoms with E-state index in [1.165, 1.54) is 47.6 Å². The molecule has 248 valence electrons. The van der Waals surface area contributed by atoms with Gasteiger partial charge in [0, 0.05) is 36.9 Å². The molecular formula is C50H32N2S. The maximum Gasteiger partial charge on any atom is 0.160 e. The van der Waals surface area contributed by atoms with Crippen LogP contribution >= 0.6 is 11.3 Å². The number of nitrogens with zero attached hydrogens (tertiary/aromatic N) is 2. The van der Waals surface area contributed by atoms with E-state index in [0.717, 1.165) is 44.8 Å². The lowest BCUT2D eigenvalue weighted by molar-refractivity contribution is 1.18. The Morgan fingerprint density at radius 1 is 0.283 bits per heavy atom. The van der Waals surface area contributed by atoms with Crippen LogP contribution in [0.4, 0.5) is 0 Å². The number of rotatable bonds is 6. The van der Waals surface area contributed by atoms with Gasteiger partial charge in [0.15, 0.2) is 5.82 Å². The molecule has 0 spiro atoms. The maximum absolute atomic E-state index is 5.33. The van der Waals surface area contributed by atoms with Gasteiger partial charge in [-0.2, -0.15) is 0 Å². The van der Waals surface area contributed by atoms with E-state index in [2.05, 4.69) is 188 Å². The van der Waals surface area contributed by atoms with Gasteiger partial charge < -0.3 is 0 Å². The number of thiophene rings is 1. The molecule has 2 heterocycles. The Hall–Kier alpha value is -6.68. The number of hydrogen-bond acceptors (Lipinski definition) is 3. The van der Waals surface area contributed by atoms with Gasteiger partial charge in [0.1, 0.15) is 0 Å². The molecule has 8 aromatic carbocycles. The molecule has 0 aliphatic heterocycles. The molecule has 10 rings (SSSR count). The van der Waals surface area contributed by atoms with E-state index in [1.807, 2.05) is 17.4 Å². The Kier molecular flexibility index (Phi) is 7.71. The van der Waals surface area contributed by atoms with Crippen molar-refractivity contribution in [3.8, 4) is 67.3 Å². The van der Waals surface area contributed by atoms with Gasteiger partial charge in [-0.25, -0.2) is 9.97 Å². The minimum absolute atomic E-state index is 0.696. The third-order valence-corrected chi connectivity index (χ3v) is 11.2. The molecule has 53 heavy (non-hydrogen) atoms. The summed E-state index contributed by atoms with van der Waals surface area (Å²) in [4.78, 5) is 10.5. The topological polar surface area (TPSA) is 25.8 Å². The van der Waals surface area contributed by atoms with Crippen molar-refractivity contribution in [1.29, 1.82) is 0 Å². The third-order valence-electron chi connectivity index (χ3n) is 10.0. The first-order valence-corrected chi connectivity index (χ1v) is 18.7. The Morgan fingerprint density at radius 3 is 1.66 bits per heavy atom. The number of aromatic nitrogens is 2. The lowest BCUT2D eigenvalue weighted by atomic mass is 9.94. The average Bonchev–Trinajstić information content (AvgIpc) is 3.62. The summed E-state index contributed by atoms with van der Waals surface area (Å²) in [6.45, 7) is 0. The summed E-state index contributed by atoms with van der Waals surface area (Å²) in [5.74, 6) is 0.696. The number of benzene rings is 8. The highest BCUT2D eigenvalue weighted by Crippen LogP contribution is 2.39. The van der Waals surface area contributed by atoms with E-state index in [0.29, 0.717) is 5.82 Å². The Balaban J connectivity index is 1.15. The standard InChI is InChI=1S/C50H32N2S/c1-3-12-33(13-4-1)41-28-42(39-24-25-49-45(31-39)44-20-9-10-21-48(44)53-49)30-43(29-41)47-32-46(35-15-5-2-6-16-35)51-50(52-47)40-19-11-18-37(27-40)38-23-22-34-14-7-8-17-36(34)26-38/h1-32H. The van der Waals surface area contributed by atoms with Crippen LogP contribution in [0.1, 0.15) is 0 Å². The van der Waals surface area contributed by atoms with Gasteiger partial charge in [-0.3, -0.25) is 0 Å². The molecule has 0 N–H and O–H groups in total. The molecule has 0 amide bonds. The quantitative estimate of drug-likeness (QED) is 0.173.